The monoisotopic (exact) mass is 395 g/mol. The quantitative estimate of drug-likeness (QED) is 0.684. The first-order chi connectivity index (χ1) is 4.81. The molecule has 0 bridgehead atoms. The second-order valence-corrected chi connectivity index (χ2v) is 4.87. The Kier molecular flexibility index (Phi) is 13.8. The molecule has 0 saturated carbocycles. The van der Waals surface area contributed by atoms with E-state index in [4.69, 9.17) is 30.4 Å². The van der Waals surface area contributed by atoms with Gasteiger partial charge in [0, 0.05) is 6.20 Å². The van der Waals surface area contributed by atoms with Crippen molar-refractivity contribution in [2.45, 2.75) is 0 Å². The fourth-order valence-corrected chi connectivity index (χ4v) is 0.471. The zero-order valence-electron chi connectivity index (χ0n) is 5.41. The van der Waals surface area contributed by atoms with Crippen LogP contribution >= 0.6 is 30.4 Å². The van der Waals surface area contributed by atoms with E-state index in [1.165, 1.54) is 0 Å². The average Bonchev–Trinajstić information content (AvgIpc) is 1.91. The van der Waals surface area contributed by atoms with Crippen LogP contribution < -0.4 is 6.15 Å². The Labute approximate surface area is 87.2 Å². The Morgan fingerprint density at radius 1 is 1.27 bits per heavy atom. The van der Waals surface area contributed by atoms with Gasteiger partial charge >= 0.3 is 35.3 Å². The number of hydrogen-bond acceptors (Lipinski definition) is 2. The van der Waals surface area contributed by atoms with Gasteiger partial charge in [-0.25, -0.2) is 4.98 Å². The number of hydrogen-bond donors (Lipinski definition) is 1. The van der Waals surface area contributed by atoms with Crippen molar-refractivity contribution in [1.29, 1.82) is 0 Å². The number of aromatic nitrogens is 1. The molecular formula is C5H7Cl3N2Pt. The van der Waals surface area contributed by atoms with Crippen molar-refractivity contribution in [2.75, 3.05) is 0 Å². The van der Waals surface area contributed by atoms with Crippen molar-refractivity contribution in [3.05, 3.63) is 29.5 Å². The Bertz CT molecular complexity index is 161. The molecule has 0 amide bonds. The molecule has 68 valence electrons. The third-order valence-corrected chi connectivity index (χ3v) is 0.852. The van der Waals surface area contributed by atoms with Crippen molar-refractivity contribution in [3.63, 3.8) is 0 Å². The van der Waals surface area contributed by atoms with Crippen LogP contribution in [-0.2, 0) is 16.5 Å². The summed E-state index contributed by atoms with van der Waals surface area (Å²) in [5.41, 5.74) is 0. The van der Waals surface area contributed by atoms with E-state index in [1.807, 2.05) is 12.1 Å². The molecule has 2 nitrogen and oxygen atoms in total. The van der Waals surface area contributed by atoms with Gasteiger partial charge in [-0.15, -0.1) is 0 Å². The van der Waals surface area contributed by atoms with Crippen LogP contribution in [0.2, 0.25) is 5.15 Å². The van der Waals surface area contributed by atoms with Crippen molar-refractivity contribution < 1.29 is 16.5 Å². The van der Waals surface area contributed by atoms with Gasteiger partial charge < -0.3 is 6.15 Å². The molecule has 1 aromatic heterocycles. The summed E-state index contributed by atoms with van der Waals surface area (Å²) in [6, 6.07) is 5.41. The minimum absolute atomic E-state index is 0. The summed E-state index contributed by atoms with van der Waals surface area (Å²) >= 11 is 4.96. The van der Waals surface area contributed by atoms with E-state index >= 15 is 0 Å². The number of nitrogens with zero attached hydrogens (tertiary/aromatic N) is 1. The number of halogens is 3. The van der Waals surface area contributed by atoms with Crippen LogP contribution in [0.3, 0.4) is 0 Å². The first-order valence-electron chi connectivity index (χ1n) is 2.20. The first kappa shape index (κ1) is 14.2. The molecule has 11 heavy (non-hydrogen) atoms. The molecule has 0 atom stereocenters. The molecular weight excluding hydrogens is 390 g/mol. The predicted octanol–water partition coefficient (Wildman–Crippen LogP) is 3.27. The van der Waals surface area contributed by atoms with E-state index in [9.17, 15) is 0 Å². The number of rotatable bonds is 0. The van der Waals surface area contributed by atoms with Crippen LogP contribution in [0.5, 0.6) is 0 Å². The Hall–Kier alpha value is 0.668. The third-order valence-electron chi connectivity index (χ3n) is 0.629. The molecule has 0 fully saturated rings. The molecule has 0 radical (unpaired) electrons. The van der Waals surface area contributed by atoms with Gasteiger partial charge in [-0.05, 0) is 12.1 Å². The Morgan fingerprint density at radius 3 is 2.00 bits per heavy atom. The van der Waals surface area contributed by atoms with Crippen LogP contribution in [0.4, 0.5) is 0 Å². The van der Waals surface area contributed by atoms with Crippen LogP contribution in [0.15, 0.2) is 24.4 Å². The summed E-state index contributed by atoms with van der Waals surface area (Å²) < 4.78 is 0. The molecule has 1 heterocycles. The van der Waals surface area contributed by atoms with Gasteiger partial charge in [0.2, 0.25) is 0 Å². The molecule has 0 unspecified atom stereocenters. The molecule has 0 spiro atoms. The molecule has 0 aromatic carbocycles. The standard InChI is InChI=1S/C5H4ClN.2ClH.H3N.Pt/c6-5-3-1-2-4-7-5;;;;/h1-4H;2*1H;1H3;/q;;;;+2/p-2. The molecule has 0 saturated heterocycles. The van der Waals surface area contributed by atoms with Crippen LogP contribution in [0.1, 0.15) is 0 Å². The zero-order valence-corrected chi connectivity index (χ0v) is 9.95. The molecule has 6 heteroatoms. The van der Waals surface area contributed by atoms with E-state index in [1.54, 1.807) is 12.3 Å². The SMILES string of the molecule is Clc1ccccn1.N.[Cl][Pt][Cl]. The topological polar surface area (TPSA) is 47.9 Å². The van der Waals surface area contributed by atoms with E-state index in [-0.39, 0.29) is 6.15 Å². The maximum absolute atomic E-state index is 5.43. The summed E-state index contributed by atoms with van der Waals surface area (Å²) in [5.74, 6) is 0. The molecule has 1 rings (SSSR count). The van der Waals surface area contributed by atoms with Crippen LogP contribution in [-0.4, -0.2) is 4.98 Å². The molecule has 0 aliphatic heterocycles. The summed E-state index contributed by atoms with van der Waals surface area (Å²) in [5, 5.41) is 0.544. The van der Waals surface area contributed by atoms with Crippen LogP contribution in [0.25, 0.3) is 0 Å². The zero-order chi connectivity index (χ0) is 7.82. The molecule has 1 aromatic rings. The first-order valence-corrected chi connectivity index (χ1v) is 8.21. The maximum atomic E-state index is 5.43. The van der Waals surface area contributed by atoms with Gasteiger partial charge in [-0.1, -0.05) is 17.7 Å². The second-order valence-electron chi connectivity index (χ2n) is 1.20. The predicted molar refractivity (Wildman–Crippen MR) is 46.0 cm³/mol. The van der Waals surface area contributed by atoms with Gasteiger partial charge in [0.25, 0.3) is 0 Å². The fourth-order valence-electron chi connectivity index (χ4n) is 0.342. The Balaban J connectivity index is 0. The van der Waals surface area contributed by atoms with Gasteiger partial charge in [0.05, 0.1) is 0 Å². The van der Waals surface area contributed by atoms with E-state index in [0.29, 0.717) is 5.15 Å². The van der Waals surface area contributed by atoms with Crippen molar-refractivity contribution in [2.24, 2.45) is 0 Å². The van der Waals surface area contributed by atoms with Gasteiger partial charge in [-0.2, -0.15) is 0 Å². The van der Waals surface area contributed by atoms with Crippen molar-refractivity contribution >= 4 is 30.4 Å². The summed E-state index contributed by atoms with van der Waals surface area (Å²) in [6.07, 6.45) is 1.66. The van der Waals surface area contributed by atoms with Gasteiger partial charge in [0.1, 0.15) is 5.15 Å². The van der Waals surface area contributed by atoms with Crippen molar-refractivity contribution in [3.8, 4) is 0 Å². The second kappa shape index (κ2) is 10.7. The van der Waals surface area contributed by atoms with Crippen molar-refractivity contribution in [1.82, 2.24) is 11.1 Å². The Morgan fingerprint density at radius 2 is 1.82 bits per heavy atom. The summed E-state index contributed by atoms with van der Waals surface area (Å²) in [6.45, 7) is 0. The van der Waals surface area contributed by atoms with Gasteiger partial charge in [-0.3, -0.25) is 0 Å². The van der Waals surface area contributed by atoms with E-state index in [2.05, 4.69) is 4.98 Å². The molecule has 3 N–H and O–H groups in total. The molecule has 0 aliphatic rings. The summed E-state index contributed by atoms with van der Waals surface area (Å²) in [7, 11) is 9.75. The number of pyridine rings is 1. The van der Waals surface area contributed by atoms with E-state index < -0.39 is 16.5 Å². The third kappa shape index (κ3) is 10.7. The van der Waals surface area contributed by atoms with Crippen LogP contribution in [0, 0.1) is 0 Å². The van der Waals surface area contributed by atoms with E-state index in [0.717, 1.165) is 0 Å². The summed E-state index contributed by atoms with van der Waals surface area (Å²) in [4.78, 5) is 3.74. The fraction of sp³-hybridized carbons (Fsp3) is 0. The molecule has 0 aliphatic carbocycles. The van der Waals surface area contributed by atoms with Gasteiger partial charge in [0.15, 0.2) is 0 Å². The average molecular weight is 397 g/mol. The minimum atomic E-state index is -0.472. The normalized spacial score (nSPS) is 7.55.